The third-order valence-corrected chi connectivity index (χ3v) is 4.96. The van der Waals surface area contributed by atoms with Crippen LogP contribution in [0.2, 0.25) is 0 Å². The summed E-state index contributed by atoms with van der Waals surface area (Å²) in [5.74, 6) is -0.287. The summed E-state index contributed by atoms with van der Waals surface area (Å²) < 4.78 is 15.0. The van der Waals surface area contributed by atoms with E-state index in [4.69, 9.17) is 9.97 Å². The topological polar surface area (TPSA) is 63.9 Å². The van der Waals surface area contributed by atoms with Crippen molar-refractivity contribution in [1.82, 2.24) is 24.6 Å². The van der Waals surface area contributed by atoms with Crippen LogP contribution in [0.3, 0.4) is 0 Å². The van der Waals surface area contributed by atoms with Crippen molar-refractivity contribution in [1.29, 1.82) is 0 Å². The first-order valence-corrected chi connectivity index (χ1v) is 9.09. The number of likely N-dealkylation sites (tertiary alicyclic amines) is 1. The van der Waals surface area contributed by atoms with Crippen LogP contribution in [0.4, 0.5) is 4.39 Å². The molecule has 7 heteroatoms. The molecule has 1 aliphatic rings. The number of aryl methyl sites for hydroxylation is 1. The maximum absolute atomic E-state index is 13.3. The van der Waals surface area contributed by atoms with Gasteiger partial charge in [-0.3, -0.25) is 14.5 Å². The van der Waals surface area contributed by atoms with Crippen molar-refractivity contribution >= 4 is 5.91 Å². The lowest BCUT2D eigenvalue weighted by Crippen LogP contribution is -2.26. The smallest absolute Gasteiger partial charge is 0.245 e. The zero-order valence-corrected chi connectivity index (χ0v) is 15.5. The minimum atomic E-state index is -0.295. The molecule has 1 aliphatic heterocycles. The first-order chi connectivity index (χ1) is 13.5. The van der Waals surface area contributed by atoms with Crippen molar-refractivity contribution in [3.05, 3.63) is 66.9 Å². The average molecular weight is 377 g/mol. The van der Waals surface area contributed by atoms with Crippen LogP contribution in [-0.2, 0) is 11.8 Å². The summed E-state index contributed by atoms with van der Waals surface area (Å²) in [6.45, 7) is 4.81. The molecule has 3 aromatic rings. The van der Waals surface area contributed by atoms with E-state index in [1.165, 1.54) is 18.2 Å². The van der Waals surface area contributed by atoms with Crippen molar-refractivity contribution in [3.63, 3.8) is 0 Å². The number of amides is 1. The second-order valence-electron chi connectivity index (χ2n) is 6.84. The van der Waals surface area contributed by atoms with Crippen molar-refractivity contribution in [3.8, 4) is 22.6 Å². The summed E-state index contributed by atoms with van der Waals surface area (Å²) in [5.41, 5.74) is 3.68. The fourth-order valence-electron chi connectivity index (χ4n) is 3.50. The van der Waals surface area contributed by atoms with E-state index in [0.717, 1.165) is 23.4 Å². The maximum Gasteiger partial charge on any atom is 0.245 e. The summed E-state index contributed by atoms with van der Waals surface area (Å²) in [6, 6.07) is 8.06. The fraction of sp³-hybridized carbons (Fsp3) is 0.238. The van der Waals surface area contributed by atoms with Crippen molar-refractivity contribution < 1.29 is 9.18 Å². The number of hydrogen-bond donors (Lipinski definition) is 0. The van der Waals surface area contributed by atoms with Crippen molar-refractivity contribution in [2.75, 3.05) is 13.1 Å². The standard InChI is InChI=1S/C21H20FN5O/c1-3-19(28)27-11-8-15(13-27)20-21(17-9-10-26(2)25-17)24-18(12-23-20)14-4-6-16(22)7-5-14/h3-7,9-10,12,15H,1,8,11,13H2,2H3/t15-/m1/s1. The Kier molecular flexibility index (Phi) is 4.73. The van der Waals surface area contributed by atoms with Gasteiger partial charge in [0, 0.05) is 37.8 Å². The van der Waals surface area contributed by atoms with Gasteiger partial charge in [0.05, 0.1) is 17.6 Å². The van der Waals surface area contributed by atoms with Gasteiger partial charge in [-0.05, 0) is 42.8 Å². The normalized spacial score (nSPS) is 16.4. The van der Waals surface area contributed by atoms with Crippen LogP contribution in [0.5, 0.6) is 0 Å². The summed E-state index contributed by atoms with van der Waals surface area (Å²) in [4.78, 5) is 23.2. The number of rotatable bonds is 4. The lowest BCUT2D eigenvalue weighted by Gasteiger charge is -2.16. The molecular weight excluding hydrogens is 357 g/mol. The van der Waals surface area contributed by atoms with Gasteiger partial charge in [0.1, 0.15) is 17.2 Å². The molecule has 1 saturated heterocycles. The molecule has 0 saturated carbocycles. The Morgan fingerprint density at radius 3 is 2.71 bits per heavy atom. The summed E-state index contributed by atoms with van der Waals surface area (Å²) in [7, 11) is 1.85. The highest BCUT2D eigenvalue weighted by Crippen LogP contribution is 2.33. The van der Waals surface area contributed by atoms with Crippen LogP contribution in [-0.4, -0.2) is 43.6 Å². The van der Waals surface area contributed by atoms with Crippen LogP contribution in [0, 0.1) is 5.82 Å². The molecule has 1 amide bonds. The molecule has 0 aliphatic carbocycles. The largest absolute Gasteiger partial charge is 0.338 e. The molecule has 142 valence electrons. The van der Waals surface area contributed by atoms with E-state index in [1.807, 2.05) is 19.3 Å². The Bertz CT molecular complexity index is 1030. The van der Waals surface area contributed by atoms with E-state index in [2.05, 4.69) is 11.7 Å². The molecule has 2 aromatic heterocycles. The zero-order valence-electron chi connectivity index (χ0n) is 15.5. The van der Waals surface area contributed by atoms with E-state index in [1.54, 1.807) is 27.9 Å². The van der Waals surface area contributed by atoms with Crippen LogP contribution in [0.15, 0.2) is 55.4 Å². The molecule has 1 aromatic carbocycles. The van der Waals surface area contributed by atoms with Gasteiger partial charge < -0.3 is 4.90 Å². The Labute approximate surface area is 162 Å². The molecule has 0 spiro atoms. The van der Waals surface area contributed by atoms with Crippen LogP contribution >= 0.6 is 0 Å². The molecule has 1 atom stereocenters. The monoisotopic (exact) mass is 377 g/mol. The van der Waals surface area contributed by atoms with Gasteiger partial charge >= 0.3 is 0 Å². The maximum atomic E-state index is 13.3. The fourth-order valence-corrected chi connectivity index (χ4v) is 3.50. The predicted molar refractivity (Wildman–Crippen MR) is 104 cm³/mol. The summed E-state index contributed by atoms with van der Waals surface area (Å²) in [5, 5.41) is 4.49. The molecule has 0 bridgehead atoms. The first-order valence-electron chi connectivity index (χ1n) is 9.09. The van der Waals surface area contributed by atoms with Gasteiger partial charge in [-0.15, -0.1) is 0 Å². The Morgan fingerprint density at radius 2 is 2.04 bits per heavy atom. The summed E-state index contributed by atoms with van der Waals surface area (Å²) in [6.07, 6.45) is 5.70. The quantitative estimate of drug-likeness (QED) is 0.655. The molecule has 6 nitrogen and oxygen atoms in total. The van der Waals surface area contributed by atoms with Crippen molar-refractivity contribution in [2.45, 2.75) is 12.3 Å². The number of carbonyl (C=O) groups excluding carboxylic acids is 1. The third-order valence-electron chi connectivity index (χ3n) is 4.96. The number of benzene rings is 1. The van der Waals surface area contributed by atoms with E-state index in [0.29, 0.717) is 24.5 Å². The molecule has 1 fully saturated rings. The number of halogens is 1. The highest BCUT2D eigenvalue weighted by atomic mass is 19.1. The number of carbonyl (C=O) groups is 1. The van der Waals surface area contributed by atoms with Crippen LogP contribution in [0.1, 0.15) is 18.0 Å². The summed E-state index contributed by atoms with van der Waals surface area (Å²) >= 11 is 0. The van der Waals surface area contributed by atoms with Crippen molar-refractivity contribution in [2.24, 2.45) is 7.05 Å². The molecule has 0 radical (unpaired) electrons. The SMILES string of the molecule is C=CC(=O)N1CC[C@@H](c2ncc(-c3ccc(F)cc3)nc2-c2ccn(C)n2)C1. The lowest BCUT2D eigenvalue weighted by molar-refractivity contribution is -0.125. The molecule has 3 heterocycles. The van der Waals surface area contributed by atoms with Gasteiger partial charge in [0.2, 0.25) is 5.91 Å². The van der Waals surface area contributed by atoms with E-state index < -0.39 is 0 Å². The molecule has 28 heavy (non-hydrogen) atoms. The van der Waals surface area contributed by atoms with E-state index >= 15 is 0 Å². The van der Waals surface area contributed by atoms with Crippen LogP contribution < -0.4 is 0 Å². The zero-order chi connectivity index (χ0) is 19.7. The van der Waals surface area contributed by atoms with E-state index in [-0.39, 0.29) is 17.6 Å². The number of hydrogen-bond acceptors (Lipinski definition) is 4. The lowest BCUT2D eigenvalue weighted by atomic mass is 10.0. The highest BCUT2D eigenvalue weighted by Gasteiger charge is 2.30. The molecule has 0 N–H and O–H groups in total. The van der Waals surface area contributed by atoms with Gasteiger partial charge in [-0.2, -0.15) is 5.10 Å². The van der Waals surface area contributed by atoms with E-state index in [9.17, 15) is 9.18 Å². The van der Waals surface area contributed by atoms with Gasteiger partial charge in [0.25, 0.3) is 0 Å². The van der Waals surface area contributed by atoms with Gasteiger partial charge in [-0.1, -0.05) is 6.58 Å². The predicted octanol–water partition coefficient (Wildman–Crippen LogP) is 3.19. The van der Waals surface area contributed by atoms with Gasteiger partial charge in [-0.25, -0.2) is 9.37 Å². The molecular formula is C21H20FN5O. The Balaban J connectivity index is 1.75. The van der Waals surface area contributed by atoms with Crippen LogP contribution in [0.25, 0.3) is 22.6 Å². The second-order valence-corrected chi connectivity index (χ2v) is 6.84. The minimum absolute atomic E-state index is 0.0715. The minimum Gasteiger partial charge on any atom is -0.338 e. The highest BCUT2D eigenvalue weighted by molar-refractivity contribution is 5.87. The third kappa shape index (κ3) is 3.43. The number of aromatic nitrogens is 4. The first kappa shape index (κ1) is 18.0. The Morgan fingerprint density at radius 1 is 1.25 bits per heavy atom. The Hall–Kier alpha value is -3.35. The second kappa shape index (κ2) is 7.34. The van der Waals surface area contributed by atoms with Gasteiger partial charge in [0.15, 0.2) is 0 Å². The average Bonchev–Trinajstić information content (AvgIpc) is 3.37. The molecule has 0 unspecified atom stereocenters. The number of nitrogens with zero attached hydrogens (tertiary/aromatic N) is 5. The molecule has 4 rings (SSSR count).